The molecule has 0 amide bonds. The van der Waals surface area contributed by atoms with Crippen molar-refractivity contribution < 1.29 is 9.90 Å². The van der Waals surface area contributed by atoms with Gasteiger partial charge in [0.25, 0.3) is 0 Å². The van der Waals surface area contributed by atoms with Crippen LogP contribution in [0.25, 0.3) is 22.2 Å². The van der Waals surface area contributed by atoms with Gasteiger partial charge in [0.15, 0.2) is 0 Å². The molecule has 6 rings (SSSR count). The number of carbonyl (C=O) groups is 1. The van der Waals surface area contributed by atoms with E-state index < -0.39 is 5.97 Å². The van der Waals surface area contributed by atoms with Crippen LogP contribution in [0, 0.1) is 5.41 Å². The molecular weight excluding hydrogens is 410 g/mol. The highest BCUT2D eigenvalue weighted by molar-refractivity contribution is 6.00. The molecule has 1 atom stereocenters. The van der Waals surface area contributed by atoms with Gasteiger partial charge < -0.3 is 20.3 Å². The highest BCUT2D eigenvalue weighted by Crippen LogP contribution is 2.52. The fourth-order valence-electron chi connectivity index (χ4n) is 6.69. The molecule has 3 aliphatic rings. The van der Waals surface area contributed by atoms with Gasteiger partial charge in [0.05, 0.1) is 16.9 Å². The number of nitrogens with two attached hydrogens (primary N) is 1. The van der Waals surface area contributed by atoms with Crippen molar-refractivity contribution in [3.8, 4) is 11.3 Å². The fraction of sp³-hybridized carbons (Fsp3) is 0.464. The van der Waals surface area contributed by atoms with E-state index in [1.807, 2.05) is 6.07 Å². The minimum Gasteiger partial charge on any atom is -0.478 e. The molecule has 0 bridgehead atoms. The van der Waals surface area contributed by atoms with Crippen molar-refractivity contribution in [2.75, 3.05) is 18.0 Å². The Labute approximate surface area is 195 Å². The summed E-state index contributed by atoms with van der Waals surface area (Å²) in [5.41, 5.74) is 14.8. The molecular formula is C28H33N3O2. The van der Waals surface area contributed by atoms with Crippen LogP contribution in [0.15, 0.2) is 36.4 Å². The Kier molecular flexibility index (Phi) is 4.64. The van der Waals surface area contributed by atoms with Crippen molar-refractivity contribution in [3.05, 3.63) is 53.1 Å². The lowest BCUT2D eigenvalue weighted by Gasteiger charge is -2.45. The number of rotatable bonds is 2. The molecule has 1 saturated carbocycles. The van der Waals surface area contributed by atoms with E-state index in [1.54, 1.807) is 6.07 Å². The van der Waals surface area contributed by atoms with Crippen LogP contribution < -0.4 is 10.6 Å². The number of carboxylic acids is 1. The second-order valence-corrected chi connectivity index (χ2v) is 10.9. The lowest BCUT2D eigenvalue weighted by atomic mass is 9.75. The summed E-state index contributed by atoms with van der Waals surface area (Å²) in [4.78, 5) is 14.3. The van der Waals surface area contributed by atoms with Gasteiger partial charge in [-0.05, 0) is 42.0 Å². The SMILES string of the molecule is CC1(C)CN2CCn3c(c(C4CCCCC4)c4ccc(C(=O)O)cc43)-c3cccc(c32)C1N. The summed E-state index contributed by atoms with van der Waals surface area (Å²) in [7, 11) is 0. The average Bonchev–Trinajstić information content (AvgIpc) is 3.05. The molecule has 0 spiro atoms. The fourth-order valence-corrected chi connectivity index (χ4v) is 6.69. The number of hydrogen-bond donors (Lipinski definition) is 2. The molecule has 3 N–H and O–H groups in total. The molecule has 0 radical (unpaired) electrons. The van der Waals surface area contributed by atoms with Crippen LogP contribution in [-0.4, -0.2) is 28.7 Å². The number of benzene rings is 2. The average molecular weight is 444 g/mol. The lowest BCUT2D eigenvalue weighted by molar-refractivity contribution is 0.0697. The Morgan fingerprint density at radius 2 is 1.88 bits per heavy atom. The summed E-state index contributed by atoms with van der Waals surface area (Å²) < 4.78 is 2.41. The first-order valence-corrected chi connectivity index (χ1v) is 12.4. The number of aromatic carboxylic acids is 1. The zero-order valence-electron chi connectivity index (χ0n) is 19.6. The van der Waals surface area contributed by atoms with Crippen LogP contribution in [0.2, 0.25) is 0 Å². The molecule has 0 saturated heterocycles. The number of aromatic nitrogens is 1. The third kappa shape index (κ3) is 3.05. The van der Waals surface area contributed by atoms with Crippen molar-refractivity contribution in [1.82, 2.24) is 4.57 Å². The maximum Gasteiger partial charge on any atom is 0.335 e. The molecule has 172 valence electrons. The van der Waals surface area contributed by atoms with E-state index in [2.05, 4.69) is 47.6 Å². The molecule has 2 aliphatic heterocycles. The van der Waals surface area contributed by atoms with Crippen LogP contribution in [0.1, 0.15) is 79.4 Å². The first-order valence-electron chi connectivity index (χ1n) is 12.4. The lowest BCUT2D eigenvalue weighted by Crippen LogP contribution is -2.46. The van der Waals surface area contributed by atoms with E-state index in [1.165, 1.54) is 65.6 Å². The van der Waals surface area contributed by atoms with Gasteiger partial charge in [0, 0.05) is 47.6 Å². The zero-order valence-corrected chi connectivity index (χ0v) is 19.6. The second-order valence-electron chi connectivity index (χ2n) is 10.9. The molecule has 1 aromatic heterocycles. The molecule has 2 aromatic carbocycles. The largest absolute Gasteiger partial charge is 0.478 e. The smallest absolute Gasteiger partial charge is 0.335 e. The Balaban J connectivity index is 1.67. The van der Waals surface area contributed by atoms with Gasteiger partial charge in [0.2, 0.25) is 0 Å². The standard InChI is InChI=1S/C28H33N3O2/c1-28(2)16-30-13-14-31-22-15-18(27(32)33)11-12-19(22)23(17-7-4-3-5-8-17)25(31)20-9-6-10-21(24(20)30)26(28)29/h6,9-12,15,17,26H,3-5,7-8,13-14,16,29H2,1-2H3,(H,32,33). The van der Waals surface area contributed by atoms with Gasteiger partial charge in [-0.15, -0.1) is 0 Å². The Bertz CT molecular complexity index is 1270. The zero-order chi connectivity index (χ0) is 22.9. The molecule has 5 heteroatoms. The third-order valence-electron chi connectivity index (χ3n) is 8.37. The van der Waals surface area contributed by atoms with E-state index in [0.717, 1.165) is 25.2 Å². The number of fused-ring (bicyclic) bond motifs is 4. The molecule has 3 aromatic rings. The van der Waals surface area contributed by atoms with E-state index in [4.69, 9.17) is 5.73 Å². The first-order chi connectivity index (χ1) is 15.9. The van der Waals surface area contributed by atoms with Crippen LogP contribution >= 0.6 is 0 Å². The molecule has 33 heavy (non-hydrogen) atoms. The van der Waals surface area contributed by atoms with Crippen LogP contribution in [0.3, 0.4) is 0 Å². The summed E-state index contributed by atoms with van der Waals surface area (Å²) in [6.07, 6.45) is 6.26. The van der Waals surface area contributed by atoms with Crippen LogP contribution in [0.4, 0.5) is 5.69 Å². The maximum absolute atomic E-state index is 11.8. The highest BCUT2D eigenvalue weighted by atomic mass is 16.4. The summed E-state index contributed by atoms with van der Waals surface area (Å²) in [5.74, 6) is -0.348. The van der Waals surface area contributed by atoms with Crippen molar-refractivity contribution in [1.29, 1.82) is 0 Å². The topological polar surface area (TPSA) is 71.5 Å². The number of carboxylic acid groups (broad SMARTS) is 1. The van der Waals surface area contributed by atoms with E-state index in [-0.39, 0.29) is 11.5 Å². The Morgan fingerprint density at radius 3 is 2.64 bits per heavy atom. The summed E-state index contributed by atoms with van der Waals surface area (Å²) >= 11 is 0. The predicted octanol–water partition coefficient (Wildman–Crippen LogP) is 5.91. The summed E-state index contributed by atoms with van der Waals surface area (Å²) in [6.45, 7) is 7.21. The Hall–Kier alpha value is -2.79. The van der Waals surface area contributed by atoms with Crippen molar-refractivity contribution in [2.24, 2.45) is 11.1 Å². The van der Waals surface area contributed by atoms with Gasteiger partial charge in [0.1, 0.15) is 0 Å². The maximum atomic E-state index is 11.8. The van der Waals surface area contributed by atoms with Crippen molar-refractivity contribution in [3.63, 3.8) is 0 Å². The van der Waals surface area contributed by atoms with Crippen LogP contribution in [0.5, 0.6) is 0 Å². The van der Waals surface area contributed by atoms with Gasteiger partial charge >= 0.3 is 5.97 Å². The van der Waals surface area contributed by atoms with Gasteiger partial charge in [-0.1, -0.05) is 57.4 Å². The molecule has 3 heterocycles. The monoisotopic (exact) mass is 443 g/mol. The number of anilines is 1. The number of nitrogens with zero attached hydrogens (tertiary/aromatic N) is 2. The number of para-hydroxylation sites is 1. The van der Waals surface area contributed by atoms with E-state index in [0.29, 0.717) is 11.5 Å². The molecule has 1 unspecified atom stereocenters. The highest BCUT2D eigenvalue weighted by Gasteiger charge is 2.40. The molecule has 5 nitrogen and oxygen atoms in total. The van der Waals surface area contributed by atoms with Gasteiger partial charge in [-0.2, -0.15) is 0 Å². The van der Waals surface area contributed by atoms with Crippen molar-refractivity contribution >= 4 is 22.6 Å². The molecule has 1 fully saturated rings. The quantitative estimate of drug-likeness (QED) is 0.516. The van der Waals surface area contributed by atoms with Crippen LogP contribution in [-0.2, 0) is 6.54 Å². The summed E-state index contributed by atoms with van der Waals surface area (Å²) in [5, 5.41) is 10.9. The number of hydrogen-bond acceptors (Lipinski definition) is 3. The van der Waals surface area contributed by atoms with Gasteiger partial charge in [-0.25, -0.2) is 4.79 Å². The second kappa shape index (κ2) is 7.36. The van der Waals surface area contributed by atoms with E-state index in [9.17, 15) is 9.90 Å². The third-order valence-corrected chi connectivity index (χ3v) is 8.37. The summed E-state index contributed by atoms with van der Waals surface area (Å²) in [6, 6.07) is 12.4. The Morgan fingerprint density at radius 1 is 1.09 bits per heavy atom. The van der Waals surface area contributed by atoms with Crippen molar-refractivity contribution in [2.45, 2.75) is 64.5 Å². The normalized spacial score (nSPS) is 22.0. The van der Waals surface area contributed by atoms with E-state index >= 15 is 0 Å². The first kappa shape index (κ1) is 20.8. The molecule has 1 aliphatic carbocycles. The minimum absolute atomic E-state index is 0.00336. The van der Waals surface area contributed by atoms with Gasteiger partial charge in [-0.3, -0.25) is 0 Å². The predicted molar refractivity (Wildman–Crippen MR) is 133 cm³/mol. The minimum atomic E-state index is -0.866.